The molecule has 21 heavy (non-hydrogen) atoms. The number of aromatic nitrogens is 3. The van der Waals surface area contributed by atoms with Gasteiger partial charge in [0.05, 0.1) is 23.4 Å². The minimum Gasteiger partial charge on any atom is -0.367 e. The van der Waals surface area contributed by atoms with E-state index in [-0.39, 0.29) is 6.10 Å². The van der Waals surface area contributed by atoms with Crippen molar-refractivity contribution in [2.45, 2.75) is 13.0 Å². The Morgan fingerprint density at radius 3 is 3.10 bits per heavy atom. The normalized spacial score (nSPS) is 19.3. The predicted molar refractivity (Wildman–Crippen MR) is 85.2 cm³/mol. The van der Waals surface area contributed by atoms with Crippen molar-refractivity contribution in [2.24, 2.45) is 0 Å². The van der Waals surface area contributed by atoms with E-state index in [0.29, 0.717) is 6.61 Å². The second-order valence-electron chi connectivity index (χ2n) is 4.97. The number of rotatable bonds is 2. The molecule has 0 spiro atoms. The number of ether oxygens (including phenoxy) is 1. The maximum Gasteiger partial charge on any atom is 0.150 e. The molecule has 108 valence electrons. The summed E-state index contributed by atoms with van der Waals surface area (Å²) in [4.78, 5) is 15.6. The van der Waals surface area contributed by atoms with Crippen LogP contribution in [0.2, 0.25) is 0 Å². The summed E-state index contributed by atoms with van der Waals surface area (Å²) in [5.41, 5.74) is 2.27. The molecule has 1 aliphatic rings. The Kier molecular flexibility index (Phi) is 3.33. The lowest BCUT2D eigenvalue weighted by Crippen LogP contribution is -2.38. The Morgan fingerprint density at radius 1 is 1.29 bits per heavy atom. The SMILES string of the molecule is Cc1csc2c(N3CCO[C@H](c4nccs4)C3)ncnc12. The number of fused-ring (bicyclic) bond motifs is 1. The second kappa shape index (κ2) is 5.32. The number of thiazole rings is 1. The van der Waals surface area contributed by atoms with Gasteiger partial charge in [0.2, 0.25) is 0 Å². The Morgan fingerprint density at radius 2 is 2.24 bits per heavy atom. The van der Waals surface area contributed by atoms with Gasteiger partial charge < -0.3 is 9.64 Å². The van der Waals surface area contributed by atoms with E-state index in [0.717, 1.165) is 34.1 Å². The Labute approximate surface area is 130 Å². The second-order valence-corrected chi connectivity index (χ2v) is 6.78. The average molecular weight is 318 g/mol. The molecule has 4 heterocycles. The zero-order valence-corrected chi connectivity index (χ0v) is 13.2. The first-order valence-corrected chi connectivity index (χ1v) is 8.53. The van der Waals surface area contributed by atoms with Crippen LogP contribution in [-0.4, -0.2) is 34.6 Å². The van der Waals surface area contributed by atoms with Gasteiger partial charge in [-0.1, -0.05) is 0 Å². The van der Waals surface area contributed by atoms with Crippen molar-refractivity contribution in [3.8, 4) is 0 Å². The Bertz CT molecular complexity index is 756. The van der Waals surface area contributed by atoms with Crippen molar-refractivity contribution < 1.29 is 4.74 Å². The number of anilines is 1. The molecule has 0 radical (unpaired) electrons. The van der Waals surface area contributed by atoms with E-state index in [2.05, 4.69) is 32.2 Å². The monoisotopic (exact) mass is 318 g/mol. The van der Waals surface area contributed by atoms with Crippen LogP contribution in [0.25, 0.3) is 10.2 Å². The van der Waals surface area contributed by atoms with Gasteiger partial charge >= 0.3 is 0 Å². The van der Waals surface area contributed by atoms with Gasteiger partial charge in [-0.15, -0.1) is 22.7 Å². The molecule has 0 aliphatic carbocycles. The molecule has 5 nitrogen and oxygen atoms in total. The molecule has 3 aromatic rings. The van der Waals surface area contributed by atoms with E-state index in [4.69, 9.17) is 4.74 Å². The fourth-order valence-corrected chi connectivity index (χ4v) is 4.26. The fraction of sp³-hybridized carbons (Fsp3) is 0.357. The largest absolute Gasteiger partial charge is 0.367 e. The zero-order chi connectivity index (χ0) is 14.2. The summed E-state index contributed by atoms with van der Waals surface area (Å²) in [6.45, 7) is 4.43. The molecular weight excluding hydrogens is 304 g/mol. The van der Waals surface area contributed by atoms with Crippen LogP contribution >= 0.6 is 22.7 Å². The van der Waals surface area contributed by atoms with E-state index in [9.17, 15) is 0 Å². The van der Waals surface area contributed by atoms with E-state index in [1.165, 1.54) is 5.56 Å². The lowest BCUT2D eigenvalue weighted by atomic mass is 10.2. The predicted octanol–water partition coefficient (Wildman–Crippen LogP) is 3.03. The third-order valence-electron chi connectivity index (χ3n) is 3.60. The topological polar surface area (TPSA) is 51.1 Å². The van der Waals surface area contributed by atoms with Gasteiger partial charge in [0, 0.05) is 18.1 Å². The van der Waals surface area contributed by atoms with Crippen LogP contribution < -0.4 is 4.90 Å². The van der Waals surface area contributed by atoms with E-state index in [1.54, 1.807) is 29.0 Å². The van der Waals surface area contributed by atoms with Crippen LogP contribution in [0.1, 0.15) is 16.7 Å². The van der Waals surface area contributed by atoms with Gasteiger partial charge in [-0.05, 0) is 17.9 Å². The summed E-state index contributed by atoms with van der Waals surface area (Å²) >= 11 is 3.35. The van der Waals surface area contributed by atoms with E-state index < -0.39 is 0 Å². The molecule has 0 unspecified atom stereocenters. The molecule has 1 aliphatic heterocycles. The first-order valence-electron chi connectivity index (χ1n) is 6.77. The van der Waals surface area contributed by atoms with Crippen LogP contribution in [0.15, 0.2) is 23.3 Å². The average Bonchev–Trinajstić information content (AvgIpc) is 3.18. The number of hydrogen-bond acceptors (Lipinski definition) is 7. The Balaban J connectivity index is 1.68. The summed E-state index contributed by atoms with van der Waals surface area (Å²) in [6, 6.07) is 0. The van der Waals surface area contributed by atoms with Crippen molar-refractivity contribution >= 4 is 38.7 Å². The quantitative estimate of drug-likeness (QED) is 0.727. The number of hydrogen-bond donors (Lipinski definition) is 0. The van der Waals surface area contributed by atoms with Gasteiger partial charge in [0.1, 0.15) is 23.3 Å². The highest BCUT2D eigenvalue weighted by atomic mass is 32.1. The molecule has 1 atom stereocenters. The molecule has 4 rings (SSSR count). The third-order valence-corrected chi connectivity index (χ3v) is 5.56. The van der Waals surface area contributed by atoms with E-state index in [1.807, 2.05) is 11.6 Å². The molecule has 0 saturated carbocycles. The van der Waals surface area contributed by atoms with Gasteiger partial charge in [-0.2, -0.15) is 0 Å². The summed E-state index contributed by atoms with van der Waals surface area (Å²) in [5, 5.41) is 5.16. The number of nitrogens with zero attached hydrogens (tertiary/aromatic N) is 4. The summed E-state index contributed by atoms with van der Waals surface area (Å²) in [5.74, 6) is 1.02. The highest BCUT2D eigenvalue weighted by molar-refractivity contribution is 7.18. The molecule has 1 saturated heterocycles. The van der Waals surface area contributed by atoms with Crippen molar-refractivity contribution in [1.29, 1.82) is 0 Å². The van der Waals surface area contributed by atoms with Crippen LogP contribution in [0.5, 0.6) is 0 Å². The standard InChI is InChI=1S/C14H14N4OS2/c1-9-7-21-12-11(9)16-8-17-13(12)18-3-4-19-10(6-18)14-15-2-5-20-14/h2,5,7-8,10H,3-4,6H2,1H3/t10-/m0/s1. The number of morpholine rings is 1. The molecule has 0 amide bonds. The van der Waals surface area contributed by atoms with Gasteiger partial charge in [0.15, 0.2) is 0 Å². The lowest BCUT2D eigenvalue weighted by Gasteiger charge is -2.32. The molecule has 7 heteroatoms. The Hall–Kier alpha value is -1.57. The molecule has 3 aromatic heterocycles. The molecule has 1 fully saturated rings. The van der Waals surface area contributed by atoms with Crippen molar-refractivity contribution in [3.63, 3.8) is 0 Å². The molecule has 0 N–H and O–H groups in total. The number of aryl methyl sites for hydroxylation is 1. The smallest absolute Gasteiger partial charge is 0.150 e. The van der Waals surface area contributed by atoms with Crippen LogP contribution in [0.4, 0.5) is 5.82 Å². The van der Waals surface area contributed by atoms with Gasteiger partial charge in [-0.25, -0.2) is 15.0 Å². The maximum absolute atomic E-state index is 5.86. The van der Waals surface area contributed by atoms with Gasteiger partial charge in [0.25, 0.3) is 0 Å². The molecule has 0 aromatic carbocycles. The van der Waals surface area contributed by atoms with E-state index >= 15 is 0 Å². The first-order chi connectivity index (χ1) is 10.3. The minimum atomic E-state index is 0.0322. The highest BCUT2D eigenvalue weighted by Crippen LogP contribution is 2.33. The molecule has 0 bridgehead atoms. The first kappa shape index (κ1) is 13.1. The highest BCUT2D eigenvalue weighted by Gasteiger charge is 2.26. The van der Waals surface area contributed by atoms with Crippen molar-refractivity contribution in [3.05, 3.63) is 33.9 Å². The third kappa shape index (κ3) is 2.31. The zero-order valence-electron chi connectivity index (χ0n) is 11.5. The fourth-order valence-electron chi connectivity index (χ4n) is 2.57. The summed E-state index contributed by atoms with van der Waals surface area (Å²) in [7, 11) is 0. The maximum atomic E-state index is 5.86. The minimum absolute atomic E-state index is 0.0322. The van der Waals surface area contributed by atoms with Crippen LogP contribution in [0, 0.1) is 6.92 Å². The van der Waals surface area contributed by atoms with Crippen LogP contribution in [0.3, 0.4) is 0 Å². The lowest BCUT2D eigenvalue weighted by molar-refractivity contribution is 0.0395. The summed E-state index contributed by atoms with van der Waals surface area (Å²) < 4.78 is 7.02. The van der Waals surface area contributed by atoms with Crippen LogP contribution in [-0.2, 0) is 4.74 Å². The molecular formula is C14H14N4OS2. The summed E-state index contributed by atoms with van der Waals surface area (Å²) in [6.07, 6.45) is 3.52. The van der Waals surface area contributed by atoms with Crippen molar-refractivity contribution in [2.75, 3.05) is 24.6 Å². The van der Waals surface area contributed by atoms with Gasteiger partial charge in [-0.3, -0.25) is 0 Å². The number of thiophene rings is 1. The van der Waals surface area contributed by atoms with Crippen molar-refractivity contribution in [1.82, 2.24) is 15.0 Å².